The number of esters is 1. The van der Waals surface area contributed by atoms with Gasteiger partial charge in [0.05, 0.1) is 13.0 Å². The minimum absolute atomic E-state index is 0.108. The molecular formula is C14H21NO3. The molecule has 3 atom stereocenters. The first kappa shape index (κ1) is 12.0. The van der Waals surface area contributed by atoms with Gasteiger partial charge in [-0.25, -0.2) is 0 Å². The molecule has 2 aliphatic carbocycles. The zero-order valence-electron chi connectivity index (χ0n) is 10.9. The van der Waals surface area contributed by atoms with E-state index in [-0.39, 0.29) is 23.7 Å². The van der Waals surface area contributed by atoms with Crippen LogP contribution in [0.2, 0.25) is 0 Å². The lowest BCUT2D eigenvalue weighted by atomic mass is 9.95. The van der Waals surface area contributed by atoms with Crippen LogP contribution in [-0.4, -0.2) is 37.0 Å². The molecule has 0 N–H and O–H groups in total. The summed E-state index contributed by atoms with van der Waals surface area (Å²) < 4.78 is 4.79. The van der Waals surface area contributed by atoms with Gasteiger partial charge in [0.2, 0.25) is 5.91 Å². The number of rotatable bonds is 2. The highest BCUT2D eigenvalue weighted by Gasteiger charge is 2.49. The highest BCUT2D eigenvalue weighted by molar-refractivity contribution is 5.81. The molecule has 3 fully saturated rings. The SMILES string of the molecule is COC(=O)[C@H]1CCCN(C(=O)C2CC3CC3C2)C1. The molecule has 4 heteroatoms. The van der Waals surface area contributed by atoms with Crippen molar-refractivity contribution in [3.05, 3.63) is 0 Å². The van der Waals surface area contributed by atoms with Gasteiger partial charge >= 0.3 is 5.97 Å². The number of carbonyl (C=O) groups excluding carboxylic acids is 2. The largest absolute Gasteiger partial charge is 0.469 e. The third kappa shape index (κ3) is 2.13. The molecular weight excluding hydrogens is 230 g/mol. The van der Waals surface area contributed by atoms with E-state index in [0.717, 1.165) is 44.1 Å². The van der Waals surface area contributed by atoms with Crippen molar-refractivity contribution in [3.8, 4) is 0 Å². The maximum absolute atomic E-state index is 12.4. The van der Waals surface area contributed by atoms with E-state index in [0.29, 0.717) is 6.54 Å². The van der Waals surface area contributed by atoms with Crippen molar-refractivity contribution in [3.63, 3.8) is 0 Å². The van der Waals surface area contributed by atoms with E-state index < -0.39 is 0 Å². The second kappa shape index (κ2) is 4.56. The van der Waals surface area contributed by atoms with E-state index >= 15 is 0 Å². The standard InChI is InChI=1S/C14H21NO3/c1-18-14(17)9-3-2-4-15(8-9)13(16)12-6-10-5-11(10)7-12/h9-12H,2-8H2,1H3/t9-,10?,11?,12?/m0/s1. The molecule has 18 heavy (non-hydrogen) atoms. The van der Waals surface area contributed by atoms with Crippen molar-refractivity contribution in [2.45, 2.75) is 32.1 Å². The lowest BCUT2D eigenvalue weighted by Crippen LogP contribution is -2.45. The molecule has 1 heterocycles. The maximum Gasteiger partial charge on any atom is 0.310 e. The Labute approximate surface area is 108 Å². The van der Waals surface area contributed by atoms with Crippen LogP contribution >= 0.6 is 0 Å². The fraction of sp³-hybridized carbons (Fsp3) is 0.857. The predicted octanol–water partition coefficient (Wildman–Crippen LogP) is 1.44. The number of piperidine rings is 1. The molecule has 100 valence electrons. The fourth-order valence-corrected chi connectivity index (χ4v) is 3.71. The van der Waals surface area contributed by atoms with E-state index in [2.05, 4.69) is 0 Å². The van der Waals surface area contributed by atoms with Crippen LogP contribution in [0.15, 0.2) is 0 Å². The monoisotopic (exact) mass is 251 g/mol. The number of hydrogen-bond acceptors (Lipinski definition) is 3. The van der Waals surface area contributed by atoms with Gasteiger partial charge in [-0.1, -0.05) is 0 Å². The van der Waals surface area contributed by atoms with E-state index in [9.17, 15) is 9.59 Å². The van der Waals surface area contributed by atoms with Gasteiger partial charge in [0.25, 0.3) is 0 Å². The Hall–Kier alpha value is -1.06. The van der Waals surface area contributed by atoms with Crippen molar-refractivity contribution in [2.75, 3.05) is 20.2 Å². The van der Waals surface area contributed by atoms with Crippen molar-refractivity contribution in [1.82, 2.24) is 4.90 Å². The lowest BCUT2D eigenvalue weighted by Gasteiger charge is -2.33. The summed E-state index contributed by atoms with van der Waals surface area (Å²) in [5, 5.41) is 0. The molecule has 0 radical (unpaired) electrons. The molecule has 0 aromatic heterocycles. The summed E-state index contributed by atoms with van der Waals surface area (Å²) in [5.41, 5.74) is 0. The summed E-state index contributed by atoms with van der Waals surface area (Å²) in [7, 11) is 1.42. The highest BCUT2D eigenvalue weighted by atomic mass is 16.5. The average Bonchev–Trinajstić information content (AvgIpc) is 3.03. The molecule has 0 bridgehead atoms. The minimum Gasteiger partial charge on any atom is -0.469 e. The molecule has 2 saturated carbocycles. The first-order chi connectivity index (χ1) is 8.69. The van der Waals surface area contributed by atoms with E-state index in [1.165, 1.54) is 13.5 Å². The van der Waals surface area contributed by atoms with Gasteiger partial charge in [0, 0.05) is 19.0 Å². The van der Waals surface area contributed by atoms with E-state index in [1.54, 1.807) is 0 Å². The molecule has 4 nitrogen and oxygen atoms in total. The molecule has 0 aromatic rings. The van der Waals surface area contributed by atoms with Gasteiger partial charge in [-0.2, -0.15) is 0 Å². The number of fused-ring (bicyclic) bond motifs is 1. The Morgan fingerprint density at radius 3 is 2.50 bits per heavy atom. The van der Waals surface area contributed by atoms with Gasteiger partial charge in [-0.05, 0) is 43.9 Å². The van der Waals surface area contributed by atoms with Gasteiger partial charge in [-0.15, -0.1) is 0 Å². The maximum atomic E-state index is 12.4. The van der Waals surface area contributed by atoms with Gasteiger partial charge < -0.3 is 9.64 Å². The first-order valence-corrected chi connectivity index (χ1v) is 7.05. The van der Waals surface area contributed by atoms with Crippen LogP contribution in [-0.2, 0) is 14.3 Å². The van der Waals surface area contributed by atoms with E-state index in [1.807, 2.05) is 4.90 Å². The fourth-order valence-electron chi connectivity index (χ4n) is 3.71. The molecule has 3 rings (SSSR count). The third-order valence-electron chi connectivity index (χ3n) is 4.86. The summed E-state index contributed by atoms with van der Waals surface area (Å²) in [4.78, 5) is 25.9. The van der Waals surface area contributed by atoms with Crippen LogP contribution in [0.4, 0.5) is 0 Å². The van der Waals surface area contributed by atoms with Crippen LogP contribution < -0.4 is 0 Å². The number of methoxy groups -OCH3 is 1. The molecule has 1 saturated heterocycles. The first-order valence-electron chi connectivity index (χ1n) is 7.05. The van der Waals surface area contributed by atoms with E-state index in [4.69, 9.17) is 4.74 Å². The van der Waals surface area contributed by atoms with Crippen LogP contribution in [0.3, 0.4) is 0 Å². The summed E-state index contributed by atoms with van der Waals surface area (Å²) >= 11 is 0. The molecule has 2 unspecified atom stereocenters. The Morgan fingerprint density at radius 1 is 1.11 bits per heavy atom. The lowest BCUT2D eigenvalue weighted by molar-refractivity contribution is -0.149. The Bertz CT molecular complexity index is 358. The third-order valence-corrected chi connectivity index (χ3v) is 4.86. The highest BCUT2D eigenvalue weighted by Crippen LogP contribution is 2.54. The van der Waals surface area contributed by atoms with Crippen LogP contribution in [0.5, 0.6) is 0 Å². The van der Waals surface area contributed by atoms with Crippen LogP contribution in [0.1, 0.15) is 32.1 Å². The second-order valence-electron chi connectivity index (χ2n) is 6.07. The number of hydrogen-bond donors (Lipinski definition) is 0. The van der Waals surface area contributed by atoms with Crippen molar-refractivity contribution in [2.24, 2.45) is 23.7 Å². The summed E-state index contributed by atoms with van der Waals surface area (Å²) in [5.74, 6) is 1.92. The molecule has 0 spiro atoms. The second-order valence-corrected chi connectivity index (χ2v) is 6.07. The summed E-state index contributed by atoms with van der Waals surface area (Å²) in [6.07, 6.45) is 5.29. The van der Waals surface area contributed by atoms with Crippen LogP contribution in [0, 0.1) is 23.7 Å². The quantitative estimate of drug-likeness (QED) is 0.698. The van der Waals surface area contributed by atoms with Crippen molar-refractivity contribution >= 4 is 11.9 Å². The number of nitrogens with zero attached hydrogens (tertiary/aromatic N) is 1. The number of carbonyl (C=O) groups is 2. The minimum atomic E-state index is -0.165. The molecule has 1 amide bonds. The van der Waals surface area contributed by atoms with Gasteiger partial charge in [-0.3, -0.25) is 9.59 Å². The topological polar surface area (TPSA) is 46.6 Å². The van der Waals surface area contributed by atoms with Gasteiger partial charge in [0.1, 0.15) is 0 Å². The van der Waals surface area contributed by atoms with Crippen LogP contribution in [0.25, 0.3) is 0 Å². The van der Waals surface area contributed by atoms with Gasteiger partial charge in [0.15, 0.2) is 0 Å². The molecule has 1 aliphatic heterocycles. The smallest absolute Gasteiger partial charge is 0.310 e. The Kier molecular flexibility index (Phi) is 3.04. The number of ether oxygens (including phenoxy) is 1. The summed E-state index contributed by atoms with van der Waals surface area (Å²) in [6, 6.07) is 0. The van der Waals surface area contributed by atoms with Crippen molar-refractivity contribution in [1.29, 1.82) is 0 Å². The zero-order valence-corrected chi connectivity index (χ0v) is 10.9. The average molecular weight is 251 g/mol. The normalized spacial score (nSPS) is 38.2. The molecule has 3 aliphatic rings. The Balaban J connectivity index is 1.58. The summed E-state index contributed by atoms with van der Waals surface area (Å²) in [6.45, 7) is 1.38. The predicted molar refractivity (Wildman–Crippen MR) is 65.6 cm³/mol. The number of amides is 1. The number of likely N-dealkylation sites (tertiary alicyclic amines) is 1. The molecule has 0 aromatic carbocycles. The Morgan fingerprint density at radius 2 is 1.83 bits per heavy atom. The zero-order chi connectivity index (χ0) is 12.7. The van der Waals surface area contributed by atoms with Crippen molar-refractivity contribution < 1.29 is 14.3 Å².